The molecule has 0 bridgehead atoms. The molecule has 35 heavy (non-hydrogen) atoms. The van der Waals surface area contributed by atoms with Crippen LogP contribution in [-0.4, -0.2) is 35.4 Å². The molecule has 3 heterocycles. The molecule has 0 spiro atoms. The molecule has 10 heteroatoms. The fraction of sp³-hybridized carbons (Fsp3) is 0.160. The summed E-state index contributed by atoms with van der Waals surface area (Å²) in [4.78, 5) is 32.6. The minimum absolute atomic E-state index is 0.124. The van der Waals surface area contributed by atoms with Gasteiger partial charge >= 0.3 is 0 Å². The molecule has 5 rings (SSSR count). The Hall–Kier alpha value is -4.60. The SMILES string of the molecule is Cc1cc(NC(=O)CCCc2ccccc2)n(-c2nc3c(cnn3-c3ccc(F)cc3)c(=O)[nH]2)n1. The summed E-state index contributed by atoms with van der Waals surface area (Å²) in [5.41, 5.74) is 2.23. The standard InChI is InChI=1S/C25H22FN7O2/c1-16-14-21(28-22(34)9-5-8-17-6-3-2-4-7-17)33(31-16)25-29-23-20(24(35)30-25)15-27-32(23)19-12-10-18(26)11-13-19/h2-4,6-7,10-15H,5,8-9H2,1H3,(H,28,34)(H,29,30,35). The smallest absolute Gasteiger partial charge is 0.263 e. The van der Waals surface area contributed by atoms with Gasteiger partial charge in [0.1, 0.15) is 17.0 Å². The monoisotopic (exact) mass is 471 g/mol. The van der Waals surface area contributed by atoms with Crippen LogP contribution in [0.4, 0.5) is 10.2 Å². The van der Waals surface area contributed by atoms with E-state index in [9.17, 15) is 14.0 Å². The van der Waals surface area contributed by atoms with Crippen LogP contribution in [0.3, 0.4) is 0 Å². The van der Waals surface area contributed by atoms with Crippen molar-refractivity contribution in [1.82, 2.24) is 29.5 Å². The van der Waals surface area contributed by atoms with Crippen LogP contribution in [0.2, 0.25) is 0 Å². The Labute approximate surface area is 199 Å². The van der Waals surface area contributed by atoms with Gasteiger partial charge in [0.05, 0.1) is 17.6 Å². The number of aryl methyl sites for hydroxylation is 2. The quantitative estimate of drug-likeness (QED) is 0.376. The highest BCUT2D eigenvalue weighted by molar-refractivity contribution is 5.90. The van der Waals surface area contributed by atoms with Crippen LogP contribution in [-0.2, 0) is 11.2 Å². The lowest BCUT2D eigenvalue weighted by Crippen LogP contribution is -2.19. The van der Waals surface area contributed by atoms with E-state index in [0.29, 0.717) is 30.0 Å². The predicted octanol–water partition coefficient (Wildman–Crippen LogP) is 3.70. The lowest BCUT2D eigenvalue weighted by molar-refractivity contribution is -0.116. The molecule has 2 aromatic carbocycles. The van der Waals surface area contributed by atoms with Gasteiger partial charge in [0.2, 0.25) is 11.9 Å². The molecule has 0 saturated heterocycles. The highest BCUT2D eigenvalue weighted by Crippen LogP contribution is 2.18. The first-order valence-corrected chi connectivity index (χ1v) is 11.1. The highest BCUT2D eigenvalue weighted by atomic mass is 19.1. The summed E-state index contributed by atoms with van der Waals surface area (Å²) in [7, 11) is 0. The van der Waals surface area contributed by atoms with Crippen LogP contribution in [0, 0.1) is 12.7 Å². The number of benzene rings is 2. The van der Waals surface area contributed by atoms with E-state index in [1.807, 2.05) is 30.3 Å². The minimum Gasteiger partial charge on any atom is -0.310 e. The van der Waals surface area contributed by atoms with Gasteiger partial charge in [-0.2, -0.15) is 19.9 Å². The lowest BCUT2D eigenvalue weighted by atomic mass is 10.1. The summed E-state index contributed by atoms with van der Waals surface area (Å²) in [6, 6.07) is 17.4. The molecule has 0 aliphatic heterocycles. The summed E-state index contributed by atoms with van der Waals surface area (Å²) in [6.45, 7) is 1.78. The van der Waals surface area contributed by atoms with E-state index in [1.165, 1.54) is 33.3 Å². The van der Waals surface area contributed by atoms with E-state index in [0.717, 1.165) is 6.42 Å². The summed E-state index contributed by atoms with van der Waals surface area (Å²) >= 11 is 0. The van der Waals surface area contributed by atoms with E-state index in [2.05, 4.69) is 25.5 Å². The molecule has 2 N–H and O–H groups in total. The summed E-state index contributed by atoms with van der Waals surface area (Å²) < 4.78 is 16.2. The van der Waals surface area contributed by atoms with Crippen molar-refractivity contribution in [3.05, 3.63) is 94.3 Å². The van der Waals surface area contributed by atoms with Crippen molar-refractivity contribution in [2.75, 3.05) is 5.32 Å². The fourth-order valence-corrected chi connectivity index (χ4v) is 3.83. The zero-order valence-corrected chi connectivity index (χ0v) is 18.9. The number of aromatic nitrogens is 6. The normalized spacial score (nSPS) is 11.1. The minimum atomic E-state index is -0.411. The second-order valence-electron chi connectivity index (χ2n) is 8.13. The van der Waals surface area contributed by atoms with Crippen molar-refractivity contribution in [3.63, 3.8) is 0 Å². The Balaban J connectivity index is 1.41. The molecule has 0 atom stereocenters. The Bertz CT molecular complexity index is 1550. The Morgan fingerprint density at radius 3 is 2.63 bits per heavy atom. The number of nitrogens with zero attached hydrogens (tertiary/aromatic N) is 5. The van der Waals surface area contributed by atoms with Crippen LogP contribution >= 0.6 is 0 Å². The first kappa shape index (κ1) is 22.2. The van der Waals surface area contributed by atoms with Crippen LogP contribution in [0.5, 0.6) is 0 Å². The number of aromatic amines is 1. The van der Waals surface area contributed by atoms with Gasteiger partial charge in [-0.15, -0.1) is 0 Å². The third-order valence-electron chi connectivity index (χ3n) is 5.51. The third-order valence-corrected chi connectivity index (χ3v) is 5.51. The first-order chi connectivity index (χ1) is 17.0. The number of carbonyl (C=O) groups excluding carboxylic acids is 1. The van der Waals surface area contributed by atoms with Crippen LogP contribution in [0.25, 0.3) is 22.7 Å². The maximum Gasteiger partial charge on any atom is 0.263 e. The summed E-state index contributed by atoms with van der Waals surface area (Å²) in [6.07, 6.45) is 3.23. The third kappa shape index (κ3) is 4.72. The number of hydrogen-bond donors (Lipinski definition) is 2. The Morgan fingerprint density at radius 1 is 1.09 bits per heavy atom. The number of hydrogen-bond acceptors (Lipinski definition) is 5. The zero-order valence-electron chi connectivity index (χ0n) is 18.9. The van der Waals surface area contributed by atoms with Gasteiger partial charge in [-0.1, -0.05) is 30.3 Å². The number of fused-ring (bicyclic) bond motifs is 1. The van der Waals surface area contributed by atoms with Crippen molar-refractivity contribution < 1.29 is 9.18 Å². The number of anilines is 1. The van der Waals surface area contributed by atoms with E-state index in [1.54, 1.807) is 25.1 Å². The van der Waals surface area contributed by atoms with E-state index < -0.39 is 5.56 Å². The molecular formula is C25H22FN7O2. The van der Waals surface area contributed by atoms with Gasteiger partial charge < -0.3 is 5.32 Å². The van der Waals surface area contributed by atoms with Gasteiger partial charge in [-0.25, -0.2) is 9.07 Å². The largest absolute Gasteiger partial charge is 0.310 e. The molecule has 0 aliphatic carbocycles. The number of rotatable bonds is 7. The Morgan fingerprint density at radius 2 is 1.86 bits per heavy atom. The molecule has 1 amide bonds. The van der Waals surface area contributed by atoms with Gasteiger partial charge in [0.15, 0.2) is 5.65 Å². The molecule has 0 saturated carbocycles. The molecule has 0 fully saturated rings. The van der Waals surface area contributed by atoms with Gasteiger partial charge in [-0.05, 0) is 49.6 Å². The molecule has 176 valence electrons. The topological polar surface area (TPSA) is 110 Å². The average Bonchev–Trinajstić information content (AvgIpc) is 3.44. The van der Waals surface area contributed by atoms with Gasteiger partial charge in [0, 0.05) is 12.5 Å². The predicted molar refractivity (Wildman–Crippen MR) is 129 cm³/mol. The van der Waals surface area contributed by atoms with Gasteiger partial charge in [0.25, 0.3) is 5.56 Å². The number of nitrogens with one attached hydrogen (secondary N) is 2. The van der Waals surface area contributed by atoms with Crippen molar-refractivity contribution in [1.29, 1.82) is 0 Å². The second-order valence-corrected chi connectivity index (χ2v) is 8.13. The summed E-state index contributed by atoms with van der Waals surface area (Å²) in [5.74, 6) is -0.0312. The fourth-order valence-electron chi connectivity index (χ4n) is 3.83. The molecule has 9 nitrogen and oxygen atoms in total. The van der Waals surface area contributed by atoms with Crippen molar-refractivity contribution in [3.8, 4) is 11.6 Å². The first-order valence-electron chi connectivity index (χ1n) is 11.1. The molecule has 3 aromatic heterocycles. The maximum atomic E-state index is 13.4. The van der Waals surface area contributed by atoms with E-state index in [-0.39, 0.29) is 28.7 Å². The Kier molecular flexibility index (Phi) is 5.92. The van der Waals surface area contributed by atoms with Crippen molar-refractivity contribution in [2.24, 2.45) is 0 Å². The molecule has 0 radical (unpaired) electrons. The zero-order chi connectivity index (χ0) is 24.4. The lowest BCUT2D eigenvalue weighted by Gasteiger charge is -2.09. The highest BCUT2D eigenvalue weighted by Gasteiger charge is 2.17. The average molecular weight is 471 g/mol. The summed E-state index contributed by atoms with van der Waals surface area (Å²) in [5, 5.41) is 11.8. The van der Waals surface area contributed by atoms with Gasteiger partial charge in [-0.3, -0.25) is 14.6 Å². The van der Waals surface area contributed by atoms with Crippen molar-refractivity contribution in [2.45, 2.75) is 26.2 Å². The van der Waals surface area contributed by atoms with Crippen molar-refractivity contribution >= 4 is 22.8 Å². The van der Waals surface area contributed by atoms with Crippen LogP contribution < -0.4 is 10.9 Å². The molecule has 0 aliphatic rings. The number of carbonyl (C=O) groups is 1. The molecule has 0 unspecified atom stereocenters. The number of amides is 1. The number of halogens is 1. The molecular weight excluding hydrogens is 449 g/mol. The van der Waals surface area contributed by atoms with E-state index >= 15 is 0 Å². The maximum absolute atomic E-state index is 13.4. The number of H-pyrrole nitrogens is 1. The van der Waals surface area contributed by atoms with Crippen LogP contribution in [0.15, 0.2) is 71.7 Å². The van der Waals surface area contributed by atoms with Crippen LogP contribution in [0.1, 0.15) is 24.1 Å². The second kappa shape index (κ2) is 9.34. The van der Waals surface area contributed by atoms with E-state index in [4.69, 9.17) is 0 Å². The molecule has 5 aromatic rings.